The average molecular weight is 395 g/mol. The fourth-order valence-electron chi connectivity index (χ4n) is 2.70. The van der Waals surface area contributed by atoms with E-state index in [9.17, 15) is 9.59 Å². The van der Waals surface area contributed by atoms with Gasteiger partial charge in [-0.3, -0.25) is 9.59 Å². The zero-order chi connectivity index (χ0) is 17.0. The van der Waals surface area contributed by atoms with Crippen molar-refractivity contribution in [2.24, 2.45) is 11.8 Å². The van der Waals surface area contributed by atoms with E-state index in [1.807, 2.05) is 0 Å². The predicted molar refractivity (Wildman–Crippen MR) is 73.8 cm³/mol. The van der Waals surface area contributed by atoms with Gasteiger partial charge in [0, 0.05) is 0 Å². The summed E-state index contributed by atoms with van der Waals surface area (Å²) in [5, 5.41) is 33.7. The van der Waals surface area contributed by atoms with Crippen LogP contribution in [0.2, 0.25) is 0 Å². The summed E-state index contributed by atoms with van der Waals surface area (Å²) in [6, 6.07) is 0. The van der Waals surface area contributed by atoms with Gasteiger partial charge in [0.2, 0.25) is 0 Å². The summed E-state index contributed by atoms with van der Waals surface area (Å²) in [4.78, 5) is 29.0. The van der Waals surface area contributed by atoms with Crippen molar-refractivity contribution < 1.29 is 138 Å². The molecule has 0 aromatic rings. The van der Waals surface area contributed by atoms with E-state index in [-0.39, 0.29) is 115 Å². The van der Waals surface area contributed by atoms with E-state index in [1.54, 1.807) is 0 Å². The largest absolute Gasteiger partial charge is 1.00 e. The van der Waals surface area contributed by atoms with Crippen LogP contribution in [0.15, 0.2) is 0 Å². The maximum absolute atomic E-state index is 10.4. The normalized spacial score (nSPS) is 17.3. The summed E-state index contributed by atoms with van der Waals surface area (Å²) >= 11 is 0. The molecule has 0 bridgehead atoms. The fourth-order valence-corrected chi connectivity index (χ4v) is 2.70. The molecule has 2 fully saturated rings. The second-order valence-corrected chi connectivity index (χ2v) is 5.60. The Morgan fingerprint density at radius 1 is 0.625 bits per heavy atom. The van der Waals surface area contributed by atoms with Gasteiger partial charge in [0.25, 0.3) is 0 Å². The van der Waals surface area contributed by atoms with Crippen LogP contribution < -0.4 is 113 Å². The van der Waals surface area contributed by atoms with Crippen molar-refractivity contribution in [2.75, 3.05) is 0 Å². The molecule has 0 aromatic heterocycles. The molecule has 0 amide bonds. The third-order valence-corrected chi connectivity index (χ3v) is 3.91. The number of carboxylic acid groups (broad SMARTS) is 4. The van der Waals surface area contributed by atoms with Gasteiger partial charge in [-0.25, -0.2) is 0 Å². The minimum absolute atomic E-state index is 0. The fraction of sp³-hybridized carbons (Fsp3) is 0.800. The smallest absolute Gasteiger partial charge is 0.652 e. The minimum Gasteiger partial charge on any atom is -0.652 e. The number of hydrogen-bond acceptors (Lipinski definition) is 5. The van der Waals surface area contributed by atoms with Crippen molar-refractivity contribution in [3.8, 4) is 0 Å². The number of carbonyl (C=O) groups is 3. The molecule has 7 nitrogen and oxygen atoms in total. The Morgan fingerprint density at radius 3 is 0.958 bits per heavy atom. The summed E-state index contributed by atoms with van der Waals surface area (Å²) < 4.78 is 0. The molecule has 24 heavy (non-hydrogen) atoms. The van der Waals surface area contributed by atoms with Crippen LogP contribution in [0.4, 0.5) is 4.79 Å². The molecule has 2 rings (SSSR count). The van der Waals surface area contributed by atoms with E-state index in [1.165, 1.54) is 12.8 Å². The molecule has 0 unspecified atom stereocenters. The number of carbonyl (C=O) groups excluding carboxylic acids is 1. The summed E-state index contributed by atoms with van der Waals surface area (Å²) in [7, 11) is 0. The zero-order valence-electron chi connectivity index (χ0n) is 14.7. The molecule has 2 saturated carbocycles. The van der Waals surface area contributed by atoms with Gasteiger partial charge in [-0.15, -0.1) is 0 Å². The van der Waals surface area contributed by atoms with E-state index < -0.39 is 18.1 Å². The van der Waals surface area contributed by atoms with Gasteiger partial charge < -0.3 is 25.2 Å². The van der Waals surface area contributed by atoms with Crippen LogP contribution in [0, 0.1) is 11.8 Å². The Hall–Kier alpha value is 1.48. The maximum atomic E-state index is 10.4. The van der Waals surface area contributed by atoms with Gasteiger partial charge in [0.05, 0.1) is 11.8 Å². The van der Waals surface area contributed by atoms with Crippen LogP contribution in [0.5, 0.6) is 0 Å². The predicted octanol–water partition coefficient (Wildman–Crippen LogP) is -5.14. The topological polar surface area (TPSA) is 138 Å². The molecule has 0 aromatic carbocycles. The quantitative estimate of drug-likeness (QED) is 0.447. The number of hydrogen-bond donors (Lipinski definition) is 2. The van der Waals surface area contributed by atoms with Gasteiger partial charge in [0.15, 0.2) is 0 Å². The van der Waals surface area contributed by atoms with Crippen molar-refractivity contribution in [3.63, 3.8) is 0 Å². The third kappa shape index (κ3) is 18.3. The Kier molecular flexibility index (Phi) is 24.2. The molecule has 0 heterocycles. The van der Waals surface area contributed by atoms with Gasteiger partial charge in [-0.1, -0.05) is 38.5 Å². The van der Waals surface area contributed by atoms with Crippen molar-refractivity contribution in [3.05, 3.63) is 0 Å². The molecular formula is C15H24K2O7. The molecule has 0 radical (unpaired) electrons. The summed E-state index contributed by atoms with van der Waals surface area (Å²) in [6.45, 7) is 0. The first-order valence-corrected chi connectivity index (χ1v) is 7.68. The van der Waals surface area contributed by atoms with Crippen LogP contribution in [0.3, 0.4) is 0 Å². The third-order valence-electron chi connectivity index (χ3n) is 3.91. The van der Waals surface area contributed by atoms with Gasteiger partial charge in [-0.05, 0) is 31.8 Å². The van der Waals surface area contributed by atoms with Crippen molar-refractivity contribution in [1.29, 1.82) is 0 Å². The Labute approximate surface area is 227 Å². The van der Waals surface area contributed by atoms with Gasteiger partial charge >= 0.3 is 115 Å². The number of carboxylic acids is 2. The van der Waals surface area contributed by atoms with Crippen LogP contribution in [-0.4, -0.2) is 28.3 Å². The van der Waals surface area contributed by atoms with E-state index in [0.717, 1.165) is 51.4 Å². The monoisotopic (exact) mass is 394 g/mol. The molecule has 128 valence electrons. The van der Waals surface area contributed by atoms with E-state index in [2.05, 4.69) is 0 Å². The van der Waals surface area contributed by atoms with Crippen molar-refractivity contribution >= 4 is 18.1 Å². The molecule has 0 saturated heterocycles. The molecule has 0 spiro atoms. The van der Waals surface area contributed by atoms with Crippen LogP contribution in [0.1, 0.15) is 64.2 Å². The average Bonchev–Trinajstić information content (AvgIpc) is 2.49. The summed E-state index contributed by atoms with van der Waals surface area (Å²) in [6.07, 6.45) is 8.14. The first kappa shape index (κ1) is 30.2. The van der Waals surface area contributed by atoms with Crippen LogP contribution in [0.25, 0.3) is 0 Å². The van der Waals surface area contributed by atoms with E-state index >= 15 is 0 Å². The second-order valence-electron chi connectivity index (χ2n) is 5.60. The second kappa shape index (κ2) is 19.3. The molecule has 2 aliphatic carbocycles. The van der Waals surface area contributed by atoms with E-state index in [4.69, 9.17) is 25.2 Å². The van der Waals surface area contributed by atoms with Gasteiger partial charge in [-0.2, -0.15) is 0 Å². The molecule has 2 N–H and O–H groups in total. The van der Waals surface area contributed by atoms with Crippen molar-refractivity contribution in [2.45, 2.75) is 64.2 Å². The molecule has 0 aliphatic heterocycles. The maximum Gasteiger partial charge on any atom is 1.00 e. The minimum atomic E-state index is -2.33. The van der Waals surface area contributed by atoms with Crippen molar-refractivity contribution in [1.82, 2.24) is 0 Å². The van der Waals surface area contributed by atoms with Crippen LogP contribution in [-0.2, 0) is 9.59 Å². The summed E-state index contributed by atoms with van der Waals surface area (Å²) in [5.41, 5.74) is 0. The zero-order valence-corrected chi connectivity index (χ0v) is 20.9. The van der Waals surface area contributed by atoms with E-state index in [0.29, 0.717) is 0 Å². The molecular weight excluding hydrogens is 370 g/mol. The Balaban J connectivity index is -0.000000283. The molecule has 0 atom stereocenters. The van der Waals surface area contributed by atoms with Gasteiger partial charge in [0.1, 0.15) is 0 Å². The SMILES string of the molecule is O=C(O)C1CCCCC1.O=C(O)C1CCCCC1.O=C([O-])[O-].[K+].[K+]. The first-order chi connectivity index (χ1) is 10.3. The molecule has 9 heteroatoms. The molecule has 2 aliphatic rings. The van der Waals surface area contributed by atoms with Crippen LogP contribution >= 0.6 is 0 Å². The Bertz CT molecular complexity index is 320. The Morgan fingerprint density at radius 2 is 0.833 bits per heavy atom. The number of aliphatic carboxylic acids is 2. The summed E-state index contributed by atoms with van der Waals surface area (Å²) in [5.74, 6) is -1.26. The number of rotatable bonds is 2. The first-order valence-electron chi connectivity index (χ1n) is 7.68. The standard InChI is InChI=1S/2C7H12O2.CH2O3.2K/c2*8-7(9)6-4-2-1-3-5-6;2-1(3)4;;/h2*6H,1-5H2,(H,8,9);(H2,2,3,4);;/q;;;2*+1/p-2.